The molecule has 1 heterocycles. The van der Waals surface area contributed by atoms with Gasteiger partial charge >= 0.3 is 0 Å². The highest BCUT2D eigenvalue weighted by Gasteiger charge is 2.22. The maximum Gasteiger partial charge on any atom is 0.247 e. The fraction of sp³-hybridized carbons (Fsp3) is 0.833. The first-order valence-electron chi connectivity index (χ1n) is 3.35. The molecule has 0 aromatic heterocycles. The van der Waals surface area contributed by atoms with Gasteiger partial charge in [-0.25, -0.2) is 0 Å². The second kappa shape index (κ2) is 2.98. The van der Waals surface area contributed by atoms with E-state index in [-0.39, 0.29) is 12.0 Å². The SMILES string of the molecule is C[C@H]1CNC[C@H](C(N)=O)O1. The van der Waals surface area contributed by atoms with E-state index in [1.54, 1.807) is 0 Å². The number of carbonyl (C=O) groups is 1. The monoisotopic (exact) mass is 144 g/mol. The van der Waals surface area contributed by atoms with Crippen LogP contribution in [0.25, 0.3) is 0 Å². The van der Waals surface area contributed by atoms with E-state index >= 15 is 0 Å². The topological polar surface area (TPSA) is 64.3 Å². The second-order valence-corrected chi connectivity index (χ2v) is 2.50. The van der Waals surface area contributed by atoms with E-state index in [4.69, 9.17) is 10.5 Å². The summed E-state index contributed by atoms with van der Waals surface area (Å²) in [6, 6.07) is 0. The predicted molar refractivity (Wildman–Crippen MR) is 36.4 cm³/mol. The minimum absolute atomic E-state index is 0.0891. The van der Waals surface area contributed by atoms with E-state index in [1.165, 1.54) is 0 Å². The maximum absolute atomic E-state index is 10.6. The summed E-state index contributed by atoms with van der Waals surface area (Å²) in [5, 5.41) is 3.04. The summed E-state index contributed by atoms with van der Waals surface area (Å²) < 4.78 is 5.21. The molecule has 58 valence electrons. The molecule has 0 aromatic carbocycles. The van der Waals surface area contributed by atoms with Crippen molar-refractivity contribution in [3.8, 4) is 0 Å². The van der Waals surface area contributed by atoms with Crippen LogP contribution in [0.3, 0.4) is 0 Å². The molecule has 0 bridgehead atoms. The van der Waals surface area contributed by atoms with E-state index in [0.29, 0.717) is 6.54 Å². The Morgan fingerprint density at radius 1 is 1.70 bits per heavy atom. The van der Waals surface area contributed by atoms with E-state index in [2.05, 4.69) is 5.32 Å². The van der Waals surface area contributed by atoms with Gasteiger partial charge < -0.3 is 15.8 Å². The standard InChI is InChI=1S/C6H12N2O2/c1-4-2-8-3-5(10-4)6(7)9/h4-5,8H,2-3H2,1H3,(H2,7,9)/t4-,5+/m0/s1. The summed E-state index contributed by atoms with van der Waals surface area (Å²) in [6.45, 7) is 3.24. The Balaban J connectivity index is 2.39. The second-order valence-electron chi connectivity index (χ2n) is 2.50. The molecule has 4 heteroatoms. The van der Waals surface area contributed by atoms with Gasteiger partial charge in [-0.15, -0.1) is 0 Å². The smallest absolute Gasteiger partial charge is 0.247 e. The third-order valence-corrected chi connectivity index (χ3v) is 1.48. The van der Waals surface area contributed by atoms with Gasteiger partial charge in [-0.2, -0.15) is 0 Å². The molecule has 1 rings (SSSR count). The number of nitrogens with two attached hydrogens (primary N) is 1. The van der Waals surface area contributed by atoms with Gasteiger partial charge in [-0.3, -0.25) is 4.79 Å². The molecule has 1 aliphatic rings. The van der Waals surface area contributed by atoms with Crippen molar-refractivity contribution < 1.29 is 9.53 Å². The number of nitrogens with one attached hydrogen (secondary N) is 1. The van der Waals surface area contributed by atoms with Gasteiger partial charge in [0.25, 0.3) is 0 Å². The van der Waals surface area contributed by atoms with Gasteiger partial charge in [0, 0.05) is 13.1 Å². The predicted octanol–water partition coefficient (Wildman–Crippen LogP) is -1.15. The average molecular weight is 144 g/mol. The third-order valence-electron chi connectivity index (χ3n) is 1.48. The molecule has 4 nitrogen and oxygen atoms in total. The molecule has 10 heavy (non-hydrogen) atoms. The van der Waals surface area contributed by atoms with Crippen LogP contribution in [0.4, 0.5) is 0 Å². The summed E-state index contributed by atoms with van der Waals surface area (Å²) >= 11 is 0. The van der Waals surface area contributed by atoms with Gasteiger partial charge in [0.1, 0.15) is 6.10 Å². The molecule has 0 radical (unpaired) electrons. The van der Waals surface area contributed by atoms with E-state index in [1.807, 2.05) is 6.92 Å². The fourth-order valence-corrected chi connectivity index (χ4v) is 0.962. The van der Waals surface area contributed by atoms with Crippen LogP contribution in [0.1, 0.15) is 6.92 Å². The van der Waals surface area contributed by atoms with Crippen molar-refractivity contribution in [2.75, 3.05) is 13.1 Å². The first-order valence-corrected chi connectivity index (χ1v) is 3.35. The quantitative estimate of drug-likeness (QED) is 0.488. The summed E-state index contributed by atoms with van der Waals surface area (Å²) in [6.07, 6.45) is -0.352. The number of rotatable bonds is 1. The Morgan fingerprint density at radius 2 is 2.40 bits per heavy atom. The highest BCUT2D eigenvalue weighted by atomic mass is 16.5. The van der Waals surface area contributed by atoms with Gasteiger partial charge in [-0.05, 0) is 6.92 Å². The largest absolute Gasteiger partial charge is 0.367 e. The van der Waals surface area contributed by atoms with E-state index in [0.717, 1.165) is 6.54 Å². The lowest BCUT2D eigenvalue weighted by molar-refractivity contribution is -0.135. The Kier molecular flexibility index (Phi) is 2.24. The van der Waals surface area contributed by atoms with E-state index in [9.17, 15) is 4.79 Å². The summed E-state index contributed by atoms with van der Waals surface area (Å²) in [5.74, 6) is -0.390. The van der Waals surface area contributed by atoms with Crippen molar-refractivity contribution >= 4 is 5.91 Å². The number of amides is 1. The molecule has 0 spiro atoms. The number of ether oxygens (including phenoxy) is 1. The van der Waals surface area contributed by atoms with Crippen LogP contribution in [0.2, 0.25) is 0 Å². The molecule has 0 aromatic rings. The van der Waals surface area contributed by atoms with Crippen LogP contribution in [0.15, 0.2) is 0 Å². The Bertz CT molecular complexity index is 138. The van der Waals surface area contributed by atoms with Crippen molar-refractivity contribution in [3.63, 3.8) is 0 Å². The fourth-order valence-electron chi connectivity index (χ4n) is 0.962. The van der Waals surface area contributed by atoms with Crippen molar-refractivity contribution in [2.45, 2.75) is 19.1 Å². The zero-order valence-corrected chi connectivity index (χ0v) is 5.96. The zero-order chi connectivity index (χ0) is 7.56. The Labute approximate surface area is 59.7 Å². The first kappa shape index (κ1) is 7.50. The number of carbonyl (C=O) groups excluding carboxylic acids is 1. The van der Waals surface area contributed by atoms with E-state index < -0.39 is 6.10 Å². The summed E-state index contributed by atoms with van der Waals surface area (Å²) in [5.41, 5.74) is 5.03. The summed E-state index contributed by atoms with van der Waals surface area (Å²) in [7, 11) is 0. The molecule has 1 amide bonds. The van der Waals surface area contributed by atoms with Crippen LogP contribution < -0.4 is 11.1 Å². The number of primary amides is 1. The molecule has 0 aliphatic carbocycles. The Morgan fingerprint density at radius 3 is 2.80 bits per heavy atom. The lowest BCUT2D eigenvalue weighted by atomic mass is 10.2. The molecule has 1 saturated heterocycles. The average Bonchev–Trinajstić information content (AvgIpc) is 1.88. The van der Waals surface area contributed by atoms with Crippen LogP contribution in [0, 0.1) is 0 Å². The van der Waals surface area contributed by atoms with Gasteiger partial charge in [0.2, 0.25) is 5.91 Å². The highest BCUT2D eigenvalue weighted by molar-refractivity contribution is 5.79. The minimum atomic E-state index is -0.441. The molecule has 0 unspecified atom stereocenters. The van der Waals surface area contributed by atoms with Crippen LogP contribution in [-0.4, -0.2) is 31.2 Å². The third kappa shape index (κ3) is 1.68. The van der Waals surface area contributed by atoms with Crippen LogP contribution >= 0.6 is 0 Å². The number of morpholine rings is 1. The highest BCUT2D eigenvalue weighted by Crippen LogP contribution is 2.01. The van der Waals surface area contributed by atoms with Crippen LogP contribution in [0.5, 0.6) is 0 Å². The lowest BCUT2D eigenvalue weighted by Gasteiger charge is -2.26. The van der Waals surface area contributed by atoms with Crippen molar-refractivity contribution in [1.29, 1.82) is 0 Å². The van der Waals surface area contributed by atoms with Crippen molar-refractivity contribution in [3.05, 3.63) is 0 Å². The van der Waals surface area contributed by atoms with Gasteiger partial charge in [-0.1, -0.05) is 0 Å². The van der Waals surface area contributed by atoms with Crippen molar-refractivity contribution in [2.24, 2.45) is 5.73 Å². The molecule has 3 N–H and O–H groups in total. The van der Waals surface area contributed by atoms with Gasteiger partial charge in [0.05, 0.1) is 6.10 Å². The molecule has 2 atom stereocenters. The molecular formula is C6H12N2O2. The Hall–Kier alpha value is -0.610. The normalized spacial score (nSPS) is 33.7. The lowest BCUT2D eigenvalue weighted by Crippen LogP contribution is -2.49. The number of hydrogen-bond acceptors (Lipinski definition) is 3. The maximum atomic E-state index is 10.6. The zero-order valence-electron chi connectivity index (χ0n) is 5.96. The molecule has 1 fully saturated rings. The summed E-state index contributed by atoms with van der Waals surface area (Å²) in [4.78, 5) is 10.6. The molecule has 0 saturated carbocycles. The first-order chi connectivity index (χ1) is 4.70. The van der Waals surface area contributed by atoms with Crippen LogP contribution in [-0.2, 0) is 9.53 Å². The number of hydrogen-bond donors (Lipinski definition) is 2. The minimum Gasteiger partial charge on any atom is -0.367 e. The van der Waals surface area contributed by atoms with Crippen molar-refractivity contribution in [1.82, 2.24) is 5.32 Å². The molecular weight excluding hydrogens is 132 g/mol. The van der Waals surface area contributed by atoms with Gasteiger partial charge in [0.15, 0.2) is 0 Å². The molecule has 1 aliphatic heterocycles.